The molecule has 0 aromatic carbocycles. The maximum absolute atomic E-state index is 13.8. The van der Waals surface area contributed by atoms with Crippen molar-refractivity contribution >= 4 is 39.4 Å². The van der Waals surface area contributed by atoms with Gasteiger partial charge in [0.05, 0.1) is 34.4 Å². The lowest BCUT2D eigenvalue weighted by molar-refractivity contribution is -0.353. The Morgan fingerprint density at radius 1 is 1.17 bits per heavy atom. The minimum Gasteiger partial charge on any atom is -0.446 e. The minimum absolute atomic E-state index is 0.0428. The first-order chi connectivity index (χ1) is 16.8. The molecule has 8 nitrogen and oxygen atoms in total. The molecule has 2 amide bonds. The highest BCUT2D eigenvalue weighted by Gasteiger charge is 2.42. The third-order valence-corrected chi connectivity index (χ3v) is 7.10. The van der Waals surface area contributed by atoms with E-state index in [4.69, 9.17) is 4.74 Å². The normalized spacial score (nSPS) is 21.4. The highest BCUT2D eigenvalue weighted by atomic mass is 32.1. The van der Waals surface area contributed by atoms with E-state index in [1.54, 1.807) is 11.8 Å². The molecule has 0 spiro atoms. The summed E-state index contributed by atoms with van der Waals surface area (Å²) in [6.07, 6.45) is -11.7. The van der Waals surface area contributed by atoms with Gasteiger partial charge in [0.25, 0.3) is 5.91 Å². The monoisotopic (exact) mass is 540 g/mol. The molecule has 2 saturated heterocycles. The molecular formula is C21H22F6N4O4S. The summed E-state index contributed by atoms with van der Waals surface area (Å²) in [5.41, 5.74) is -0.889. The molecule has 2 aromatic rings. The van der Waals surface area contributed by atoms with Crippen LogP contribution in [0.25, 0.3) is 10.2 Å². The highest BCUT2D eigenvalue weighted by molar-refractivity contribution is 7.17. The van der Waals surface area contributed by atoms with Gasteiger partial charge in [-0.1, -0.05) is 6.92 Å². The number of alkyl halides is 6. The van der Waals surface area contributed by atoms with Gasteiger partial charge in [0, 0.05) is 37.9 Å². The first-order valence-corrected chi connectivity index (χ1v) is 11.8. The van der Waals surface area contributed by atoms with Gasteiger partial charge >= 0.3 is 18.6 Å². The maximum Gasteiger partial charge on any atom is 0.522 e. The number of thiophene rings is 1. The van der Waals surface area contributed by atoms with Gasteiger partial charge in [-0.05, 0) is 6.07 Å². The van der Waals surface area contributed by atoms with Crippen molar-refractivity contribution in [2.24, 2.45) is 5.92 Å². The molecule has 198 valence electrons. The minimum atomic E-state index is -4.78. The van der Waals surface area contributed by atoms with E-state index in [1.165, 1.54) is 12.4 Å². The quantitative estimate of drug-likeness (QED) is 0.584. The van der Waals surface area contributed by atoms with Crippen molar-refractivity contribution < 1.29 is 45.4 Å². The van der Waals surface area contributed by atoms with E-state index < -0.39 is 42.3 Å². The lowest BCUT2D eigenvalue weighted by atomic mass is 9.96. The lowest BCUT2D eigenvalue weighted by Gasteiger charge is -2.41. The third-order valence-electron chi connectivity index (χ3n) is 6.10. The lowest BCUT2D eigenvalue weighted by Crippen LogP contribution is -2.57. The van der Waals surface area contributed by atoms with Crippen LogP contribution in [0.4, 0.5) is 37.0 Å². The number of rotatable bonds is 4. The Morgan fingerprint density at radius 2 is 1.86 bits per heavy atom. The Hall–Kier alpha value is -2.81. The number of piperidine rings is 1. The first kappa shape index (κ1) is 26.3. The molecule has 0 aliphatic carbocycles. The molecule has 2 fully saturated rings. The smallest absolute Gasteiger partial charge is 0.446 e. The Bertz CT molecular complexity index is 1150. The zero-order valence-electron chi connectivity index (χ0n) is 19.1. The van der Waals surface area contributed by atoms with Crippen LogP contribution in [0.5, 0.6) is 0 Å². The fourth-order valence-electron chi connectivity index (χ4n) is 4.23. The largest absolute Gasteiger partial charge is 0.522 e. The van der Waals surface area contributed by atoms with Crippen LogP contribution in [-0.2, 0) is 15.7 Å². The second-order valence-electron chi connectivity index (χ2n) is 8.66. The molecule has 2 unspecified atom stereocenters. The summed E-state index contributed by atoms with van der Waals surface area (Å²) in [6, 6.07) is 0.951. The average molecular weight is 540 g/mol. The number of ether oxygens (including phenoxy) is 2. The molecule has 1 N–H and O–H groups in total. The fourth-order valence-corrected chi connectivity index (χ4v) is 5.25. The van der Waals surface area contributed by atoms with E-state index in [-0.39, 0.29) is 60.1 Å². The van der Waals surface area contributed by atoms with E-state index in [0.29, 0.717) is 0 Å². The van der Waals surface area contributed by atoms with Crippen molar-refractivity contribution in [3.63, 3.8) is 0 Å². The van der Waals surface area contributed by atoms with E-state index in [9.17, 15) is 35.9 Å². The number of fused-ring (bicyclic) bond motifs is 1. The fraction of sp³-hybridized carbons (Fsp3) is 0.571. The van der Waals surface area contributed by atoms with Crippen LogP contribution >= 0.6 is 11.3 Å². The van der Waals surface area contributed by atoms with Crippen LogP contribution in [0, 0.1) is 5.92 Å². The predicted molar refractivity (Wildman–Crippen MR) is 117 cm³/mol. The number of hydrogen-bond donors (Lipinski definition) is 1. The van der Waals surface area contributed by atoms with Crippen LogP contribution in [0.1, 0.15) is 29.3 Å². The van der Waals surface area contributed by atoms with E-state index in [2.05, 4.69) is 15.0 Å². The summed E-state index contributed by atoms with van der Waals surface area (Å²) in [5.74, 6) is -0.810. The van der Waals surface area contributed by atoms with Crippen molar-refractivity contribution in [3.8, 4) is 0 Å². The second kappa shape index (κ2) is 9.57. The van der Waals surface area contributed by atoms with Gasteiger partial charge in [0.2, 0.25) is 0 Å². The zero-order chi connectivity index (χ0) is 26.4. The number of likely N-dealkylation sites (tertiary alicyclic amines) is 1. The number of halogens is 6. The number of carbonyl (C=O) groups excluding carboxylic acids is 2. The Labute approximate surface area is 205 Å². The second-order valence-corrected chi connectivity index (χ2v) is 9.54. The van der Waals surface area contributed by atoms with E-state index in [1.807, 2.05) is 0 Å². The van der Waals surface area contributed by atoms with E-state index >= 15 is 0 Å². The van der Waals surface area contributed by atoms with Gasteiger partial charge < -0.3 is 19.9 Å². The van der Waals surface area contributed by atoms with Crippen molar-refractivity contribution in [1.29, 1.82) is 0 Å². The molecule has 2 aliphatic heterocycles. The van der Waals surface area contributed by atoms with Crippen LogP contribution in [0.15, 0.2) is 11.4 Å². The van der Waals surface area contributed by atoms with Crippen molar-refractivity contribution in [2.45, 2.75) is 38.1 Å². The van der Waals surface area contributed by atoms with Crippen molar-refractivity contribution in [2.75, 3.05) is 38.1 Å². The van der Waals surface area contributed by atoms with Gasteiger partial charge in [-0.25, -0.2) is 9.78 Å². The molecular weight excluding hydrogens is 518 g/mol. The molecule has 15 heteroatoms. The van der Waals surface area contributed by atoms with Gasteiger partial charge in [0.15, 0.2) is 0 Å². The molecule has 4 heterocycles. The molecule has 0 radical (unpaired) electrons. The summed E-state index contributed by atoms with van der Waals surface area (Å²) in [7, 11) is 1.37. The molecule has 2 atom stereocenters. The van der Waals surface area contributed by atoms with Crippen LogP contribution in [-0.4, -0.2) is 73.7 Å². The summed E-state index contributed by atoms with van der Waals surface area (Å²) in [4.78, 5) is 31.5. The van der Waals surface area contributed by atoms with Crippen molar-refractivity contribution in [1.82, 2.24) is 15.2 Å². The average Bonchev–Trinajstić information content (AvgIpc) is 3.18. The first-order valence-electron chi connectivity index (χ1n) is 10.9. The van der Waals surface area contributed by atoms with Crippen molar-refractivity contribution in [3.05, 3.63) is 22.6 Å². The van der Waals surface area contributed by atoms with Crippen LogP contribution < -0.4 is 10.2 Å². The van der Waals surface area contributed by atoms with Crippen LogP contribution in [0.2, 0.25) is 0 Å². The van der Waals surface area contributed by atoms with Gasteiger partial charge in [-0.2, -0.15) is 13.2 Å². The molecule has 0 bridgehead atoms. The Balaban J connectivity index is 1.45. The highest BCUT2D eigenvalue weighted by Crippen LogP contribution is 2.41. The van der Waals surface area contributed by atoms with E-state index in [0.717, 1.165) is 22.3 Å². The molecule has 0 saturated carbocycles. The Kier molecular flexibility index (Phi) is 6.98. The SMILES string of the molecule is CNC(=O)c1csc2c(C(F)(F)F)cc(N3CCC(OC(=O)N4CC(OC(F)(F)F)C4)C(C)C3)nc12. The molecule has 36 heavy (non-hydrogen) atoms. The number of anilines is 1. The Morgan fingerprint density at radius 3 is 2.44 bits per heavy atom. The number of aromatic nitrogens is 1. The molecule has 4 rings (SSSR count). The summed E-state index contributed by atoms with van der Waals surface area (Å²) in [5, 5.41) is 3.73. The summed E-state index contributed by atoms with van der Waals surface area (Å²) in [6.45, 7) is 1.69. The maximum atomic E-state index is 13.8. The number of pyridine rings is 1. The van der Waals surface area contributed by atoms with Gasteiger partial charge in [-0.3, -0.25) is 9.53 Å². The predicted octanol–water partition coefficient (Wildman–Crippen LogP) is 4.25. The van der Waals surface area contributed by atoms with Gasteiger partial charge in [-0.15, -0.1) is 24.5 Å². The number of hydrogen-bond acceptors (Lipinski definition) is 7. The number of nitrogens with zero attached hydrogens (tertiary/aromatic N) is 3. The standard InChI is InChI=1S/C21H22F6N4O4S/c1-10-6-30(4-3-14(10)34-19(33)31-7-11(8-31)35-21(25,26)27)15-5-13(20(22,23)24)17-16(29-15)12(9-36-17)18(32)28-2/h5,9-11,14H,3-4,6-8H2,1-2H3,(H,28,32). The number of carbonyl (C=O) groups is 2. The number of nitrogens with one attached hydrogen (secondary N) is 1. The summed E-state index contributed by atoms with van der Waals surface area (Å²) < 4.78 is 87.3. The topological polar surface area (TPSA) is 84.0 Å². The third kappa shape index (κ3) is 5.45. The zero-order valence-corrected chi connectivity index (χ0v) is 19.9. The molecule has 2 aromatic heterocycles. The van der Waals surface area contributed by atoms with Crippen LogP contribution in [0.3, 0.4) is 0 Å². The molecule has 2 aliphatic rings. The van der Waals surface area contributed by atoms with Gasteiger partial charge in [0.1, 0.15) is 18.0 Å². The number of amides is 2. The summed E-state index contributed by atoms with van der Waals surface area (Å²) >= 11 is 0.792.